The first-order valence-corrected chi connectivity index (χ1v) is 8.08. The monoisotopic (exact) mass is 253 g/mol. The van der Waals surface area contributed by atoms with Crippen LogP contribution in [0.25, 0.3) is 0 Å². The van der Waals surface area contributed by atoms with Crippen LogP contribution >= 0.6 is 0 Å². The number of rotatable bonds is 5. The average molecular weight is 253 g/mol. The molecule has 0 amide bonds. The molecule has 0 spiro atoms. The molecule has 1 saturated carbocycles. The van der Waals surface area contributed by atoms with Crippen molar-refractivity contribution in [2.75, 3.05) is 6.54 Å². The Bertz CT molecular complexity index is 228. The zero-order valence-electron chi connectivity index (χ0n) is 13.6. The third-order valence-corrected chi connectivity index (χ3v) is 4.68. The molecule has 0 radical (unpaired) electrons. The molecule has 1 aliphatic rings. The molecule has 0 bridgehead atoms. The summed E-state index contributed by atoms with van der Waals surface area (Å²) in [7, 11) is 0. The van der Waals surface area contributed by atoms with Crippen molar-refractivity contribution in [3.63, 3.8) is 0 Å². The van der Waals surface area contributed by atoms with Crippen LogP contribution in [0.5, 0.6) is 0 Å². The first kappa shape index (κ1) is 16.0. The Labute approximate surface area is 115 Å². The molecule has 18 heavy (non-hydrogen) atoms. The second-order valence-electron chi connectivity index (χ2n) is 7.74. The topological polar surface area (TPSA) is 12.0 Å². The molecule has 4 atom stereocenters. The average Bonchev–Trinajstić information content (AvgIpc) is 2.26. The van der Waals surface area contributed by atoms with E-state index in [-0.39, 0.29) is 5.54 Å². The van der Waals surface area contributed by atoms with Crippen LogP contribution in [0.2, 0.25) is 0 Å². The Kier molecular flexibility index (Phi) is 6.17. The molecule has 0 heterocycles. The third kappa shape index (κ3) is 5.30. The summed E-state index contributed by atoms with van der Waals surface area (Å²) in [5, 5.41) is 3.73. The van der Waals surface area contributed by atoms with Crippen LogP contribution < -0.4 is 5.32 Å². The van der Waals surface area contributed by atoms with Crippen molar-refractivity contribution in [3.05, 3.63) is 0 Å². The molecule has 108 valence electrons. The van der Waals surface area contributed by atoms with Crippen LogP contribution in [-0.2, 0) is 0 Å². The zero-order chi connectivity index (χ0) is 13.8. The summed E-state index contributed by atoms with van der Waals surface area (Å²) < 4.78 is 0. The quantitative estimate of drug-likeness (QED) is 0.737. The van der Waals surface area contributed by atoms with Gasteiger partial charge in [-0.1, -0.05) is 40.0 Å². The van der Waals surface area contributed by atoms with Crippen molar-refractivity contribution in [1.29, 1.82) is 0 Å². The molecule has 0 aromatic heterocycles. The van der Waals surface area contributed by atoms with E-state index in [9.17, 15) is 0 Å². The maximum absolute atomic E-state index is 3.73. The lowest BCUT2D eigenvalue weighted by molar-refractivity contribution is 0.121. The van der Waals surface area contributed by atoms with E-state index >= 15 is 0 Å². The van der Waals surface area contributed by atoms with Gasteiger partial charge in [-0.3, -0.25) is 0 Å². The Morgan fingerprint density at radius 1 is 1.22 bits per heavy atom. The molecule has 0 aromatic carbocycles. The Morgan fingerprint density at radius 2 is 1.89 bits per heavy atom. The summed E-state index contributed by atoms with van der Waals surface area (Å²) >= 11 is 0. The van der Waals surface area contributed by atoms with Gasteiger partial charge in [-0.05, 0) is 63.8 Å². The van der Waals surface area contributed by atoms with Crippen molar-refractivity contribution < 1.29 is 0 Å². The maximum atomic E-state index is 3.73. The van der Waals surface area contributed by atoms with Gasteiger partial charge in [-0.2, -0.15) is 0 Å². The van der Waals surface area contributed by atoms with E-state index in [1.54, 1.807) is 0 Å². The van der Waals surface area contributed by atoms with Crippen LogP contribution in [-0.4, -0.2) is 12.1 Å². The molecule has 0 saturated heterocycles. The molecule has 1 aliphatic carbocycles. The highest BCUT2D eigenvalue weighted by Crippen LogP contribution is 2.39. The Morgan fingerprint density at radius 3 is 2.44 bits per heavy atom. The summed E-state index contributed by atoms with van der Waals surface area (Å²) in [5.41, 5.74) is 0.265. The molecule has 1 N–H and O–H groups in total. The lowest BCUT2D eigenvalue weighted by atomic mass is 9.68. The van der Waals surface area contributed by atoms with Crippen molar-refractivity contribution in [3.8, 4) is 0 Å². The largest absolute Gasteiger partial charge is 0.312 e. The normalized spacial score (nSPS) is 31.3. The summed E-state index contributed by atoms with van der Waals surface area (Å²) in [5.74, 6) is 3.70. The highest BCUT2D eigenvalue weighted by Gasteiger charge is 2.32. The van der Waals surface area contributed by atoms with E-state index in [1.165, 1.54) is 38.6 Å². The molecule has 4 unspecified atom stereocenters. The van der Waals surface area contributed by atoms with E-state index in [0.717, 1.165) is 23.7 Å². The van der Waals surface area contributed by atoms with Gasteiger partial charge in [0.1, 0.15) is 0 Å². The lowest BCUT2D eigenvalue weighted by Gasteiger charge is -2.40. The summed E-state index contributed by atoms with van der Waals surface area (Å²) in [6.07, 6.45) is 7.07. The van der Waals surface area contributed by atoms with E-state index in [4.69, 9.17) is 0 Å². The van der Waals surface area contributed by atoms with Gasteiger partial charge >= 0.3 is 0 Å². The highest BCUT2D eigenvalue weighted by molar-refractivity contribution is 4.85. The first-order valence-electron chi connectivity index (χ1n) is 8.08. The minimum absolute atomic E-state index is 0.265. The fourth-order valence-electron chi connectivity index (χ4n) is 3.54. The molecular formula is C17H35N. The van der Waals surface area contributed by atoms with E-state index < -0.39 is 0 Å². The van der Waals surface area contributed by atoms with Crippen molar-refractivity contribution in [1.82, 2.24) is 5.32 Å². The standard InChI is InChI=1S/C17H35N/c1-7-8-14(3)16-11-13(2)9-10-15(16)12-18-17(4,5)6/h13-16,18H,7-12H2,1-6H3. The van der Waals surface area contributed by atoms with Gasteiger partial charge in [-0.25, -0.2) is 0 Å². The number of hydrogen-bond donors (Lipinski definition) is 1. The van der Waals surface area contributed by atoms with Gasteiger partial charge in [0, 0.05) is 5.54 Å². The predicted molar refractivity (Wildman–Crippen MR) is 81.8 cm³/mol. The van der Waals surface area contributed by atoms with Gasteiger partial charge in [0.25, 0.3) is 0 Å². The van der Waals surface area contributed by atoms with Crippen molar-refractivity contribution in [2.24, 2.45) is 23.7 Å². The molecule has 1 nitrogen and oxygen atoms in total. The zero-order valence-corrected chi connectivity index (χ0v) is 13.6. The second-order valence-corrected chi connectivity index (χ2v) is 7.74. The minimum Gasteiger partial charge on any atom is -0.312 e. The molecule has 1 fully saturated rings. The van der Waals surface area contributed by atoms with Crippen LogP contribution in [0.4, 0.5) is 0 Å². The third-order valence-electron chi connectivity index (χ3n) is 4.68. The Balaban J connectivity index is 2.56. The van der Waals surface area contributed by atoms with E-state index in [0.29, 0.717) is 0 Å². The van der Waals surface area contributed by atoms with Crippen LogP contribution in [0.15, 0.2) is 0 Å². The first-order chi connectivity index (χ1) is 8.33. The fourth-order valence-corrected chi connectivity index (χ4v) is 3.54. The summed E-state index contributed by atoms with van der Waals surface area (Å²) in [6.45, 7) is 15.3. The van der Waals surface area contributed by atoms with Crippen LogP contribution in [0.3, 0.4) is 0 Å². The van der Waals surface area contributed by atoms with Crippen molar-refractivity contribution in [2.45, 2.75) is 79.2 Å². The molecular weight excluding hydrogens is 218 g/mol. The summed E-state index contributed by atoms with van der Waals surface area (Å²) in [4.78, 5) is 0. The molecule has 1 rings (SSSR count). The highest BCUT2D eigenvalue weighted by atomic mass is 14.9. The van der Waals surface area contributed by atoms with Gasteiger partial charge in [0.2, 0.25) is 0 Å². The maximum Gasteiger partial charge on any atom is 0.00966 e. The molecule has 0 aliphatic heterocycles. The smallest absolute Gasteiger partial charge is 0.00966 e. The van der Waals surface area contributed by atoms with E-state index in [2.05, 4.69) is 46.9 Å². The molecule has 1 heteroatoms. The minimum atomic E-state index is 0.265. The van der Waals surface area contributed by atoms with Gasteiger partial charge < -0.3 is 5.32 Å². The van der Waals surface area contributed by atoms with E-state index in [1.807, 2.05) is 0 Å². The SMILES string of the molecule is CCCC(C)C1CC(C)CCC1CNC(C)(C)C. The molecule has 0 aromatic rings. The Hall–Kier alpha value is -0.0400. The van der Waals surface area contributed by atoms with Crippen LogP contribution in [0, 0.1) is 23.7 Å². The van der Waals surface area contributed by atoms with Gasteiger partial charge in [-0.15, -0.1) is 0 Å². The number of hydrogen-bond acceptors (Lipinski definition) is 1. The summed E-state index contributed by atoms with van der Waals surface area (Å²) in [6, 6.07) is 0. The number of nitrogens with one attached hydrogen (secondary N) is 1. The predicted octanol–water partition coefficient (Wildman–Crippen LogP) is 4.86. The fraction of sp³-hybridized carbons (Fsp3) is 1.00. The second kappa shape index (κ2) is 6.93. The van der Waals surface area contributed by atoms with Gasteiger partial charge in [0.15, 0.2) is 0 Å². The lowest BCUT2D eigenvalue weighted by Crippen LogP contribution is -2.43. The van der Waals surface area contributed by atoms with Gasteiger partial charge in [0.05, 0.1) is 0 Å². The van der Waals surface area contributed by atoms with Crippen LogP contribution in [0.1, 0.15) is 73.6 Å². The van der Waals surface area contributed by atoms with Crippen molar-refractivity contribution >= 4 is 0 Å².